The van der Waals surface area contributed by atoms with Crippen LogP contribution in [0.2, 0.25) is 0 Å². The first-order chi connectivity index (χ1) is 14.7. The standard InChI is InChI=1S/C20H24N4O6S/c1-24(31(29,30)16-10-6-3-7-11-16)14-18(25)23-17(19(26)27)13-22-20(28)21-12-15-8-4-2-5-9-15/h2-11,17H,12-14H2,1H3,(H,23,25)(H,26,27)(H2,21,22,28)/t17-/m0/s1. The van der Waals surface area contributed by atoms with Crippen LogP contribution in [0.25, 0.3) is 0 Å². The molecule has 0 spiro atoms. The minimum Gasteiger partial charge on any atom is -0.480 e. The van der Waals surface area contributed by atoms with Gasteiger partial charge in [0.2, 0.25) is 15.9 Å². The van der Waals surface area contributed by atoms with E-state index in [0.717, 1.165) is 9.87 Å². The fourth-order valence-corrected chi connectivity index (χ4v) is 3.68. The van der Waals surface area contributed by atoms with Gasteiger partial charge in [-0.1, -0.05) is 48.5 Å². The van der Waals surface area contributed by atoms with Crippen molar-refractivity contribution >= 4 is 27.9 Å². The summed E-state index contributed by atoms with van der Waals surface area (Å²) < 4.78 is 25.7. The first kappa shape index (κ1) is 23.8. The highest BCUT2D eigenvalue weighted by Crippen LogP contribution is 2.12. The number of hydrogen-bond acceptors (Lipinski definition) is 5. The van der Waals surface area contributed by atoms with Crippen LogP contribution in [0.15, 0.2) is 65.6 Å². The van der Waals surface area contributed by atoms with E-state index in [2.05, 4.69) is 16.0 Å². The van der Waals surface area contributed by atoms with Gasteiger partial charge in [-0.15, -0.1) is 0 Å². The second kappa shape index (κ2) is 11.1. The SMILES string of the molecule is CN(CC(=O)N[C@@H](CNC(=O)NCc1ccccc1)C(=O)O)S(=O)(=O)c1ccccc1. The Bertz CT molecular complexity index is 999. The third-order valence-corrected chi connectivity index (χ3v) is 6.03. The summed E-state index contributed by atoms with van der Waals surface area (Å²) in [5.41, 5.74) is 0.864. The fraction of sp³-hybridized carbons (Fsp3) is 0.250. The number of urea groups is 1. The highest BCUT2D eigenvalue weighted by atomic mass is 32.2. The lowest BCUT2D eigenvalue weighted by molar-refractivity contribution is -0.141. The normalized spacial score (nSPS) is 12.1. The summed E-state index contributed by atoms with van der Waals surface area (Å²) in [6.45, 7) is -0.711. The maximum atomic E-state index is 12.5. The van der Waals surface area contributed by atoms with Gasteiger partial charge >= 0.3 is 12.0 Å². The highest BCUT2D eigenvalue weighted by Gasteiger charge is 2.26. The van der Waals surface area contributed by atoms with Crippen molar-refractivity contribution in [2.24, 2.45) is 0 Å². The zero-order valence-corrected chi connectivity index (χ0v) is 17.6. The summed E-state index contributed by atoms with van der Waals surface area (Å²) >= 11 is 0. The summed E-state index contributed by atoms with van der Waals surface area (Å²) in [7, 11) is -2.69. The van der Waals surface area contributed by atoms with Gasteiger partial charge in [-0.05, 0) is 17.7 Å². The van der Waals surface area contributed by atoms with Crippen molar-refractivity contribution in [3.8, 4) is 0 Å². The molecule has 10 nitrogen and oxygen atoms in total. The summed E-state index contributed by atoms with van der Waals surface area (Å²) in [6.07, 6.45) is 0. The van der Waals surface area contributed by atoms with Crippen molar-refractivity contribution in [2.75, 3.05) is 20.1 Å². The molecule has 0 saturated carbocycles. The van der Waals surface area contributed by atoms with E-state index in [0.29, 0.717) is 0 Å². The molecule has 0 heterocycles. The molecule has 166 valence electrons. The van der Waals surface area contributed by atoms with Gasteiger partial charge in [0, 0.05) is 13.6 Å². The van der Waals surface area contributed by atoms with Gasteiger partial charge in [0.1, 0.15) is 6.04 Å². The molecule has 0 aliphatic heterocycles. The minimum atomic E-state index is -3.90. The van der Waals surface area contributed by atoms with E-state index in [-0.39, 0.29) is 18.0 Å². The zero-order valence-electron chi connectivity index (χ0n) is 16.8. The van der Waals surface area contributed by atoms with Crippen LogP contribution in [0.5, 0.6) is 0 Å². The molecular weight excluding hydrogens is 424 g/mol. The first-order valence-electron chi connectivity index (χ1n) is 9.29. The van der Waals surface area contributed by atoms with E-state index in [1.807, 2.05) is 30.3 Å². The van der Waals surface area contributed by atoms with Gasteiger partial charge < -0.3 is 21.1 Å². The Morgan fingerprint density at radius 1 is 0.968 bits per heavy atom. The van der Waals surface area contributed by atoms with Crippen molar-refractivity contribution < 1.29 is 27.9 Å². The van der Waals surface area contributed by atoms with Crippen molar-refractivity contribution in [3.05, 3.63) is 66.2 Å². The van der Waals surface area contributed by atoms with E-state index in [4.69, 9.17) is 0 Å². The van der Waals surface area contributed by atoms with Crippen LogP contribution in [-0.4, -0.2) is 61.9 Å². The van der Waals surface area contributed by atoms with E-state index in [9.17, 15) is 27.9 Å². The van der Waals surface area contributed by atoms with Gasteiger partial charge in [-0.3, -0.25) is 4.79 Å². The molecule has 0 bridgehead atoms. The molecule has 3 amide bonds. The fourth-order valence-electron chi connectivity index (χ4n) is 2.54. The molecule has 0 aliphatic carbocycles. The van der Waals surface area contributed by atoms with Gasteiger partial charge in [0.25, 0.3) is 0 Å². The number of likely N-dealkylation sites (N-methyl/N-ethyl adjacent to an activating group) is 1. The van der Waals surface area contributed by atoms with E-state index in [1.54, 1.807) is 18.2 Å². The van der Waals surface area contributed by atoms with Crippen molar-refractivity contribution in [3.63, 3.8) is 0 Å². The topological polar surface area (TPSA) is 145 Å². The third kappa shape index (κ3) is 7.39. The molecule has 0 aliphatic rings. The molecule has 11 heteroatoms. The predicted molar refractivity (Wildman–Crippen MR) is 113 cm³/mol. The summed E-state index contributed by atoms with van der Waals surface area (Å²) in [6, 6.07) is 14.6. The van der Waals surface area contributed by atoms with Crippen LogP contribution in [0.1, 0.15) is 5.56 Å². The average molecular weight is 449 g/mol. The monoisotopic (exact) mass is 448 g/mol. The average Bonchev–Trinajstić information content (AvgIpc) is 2.76. The van der Waals surface area contributed by atoms with E-state index in [1.165, 1.54) is 19.2 Å². The Morgan fingerprint density at radius 2 is 1.55 bits per heavy atom. The molecular formula is C20H24N4O6S. The maximum absolute atomic E-state index is 12.5. The van der Waals surface area contributed by atoms with Crippen molar-refractivity contribution in [2.45, 2.75) is 17.5 Å². The van der Waals surface area contributed by atoms with Crippen LogP contribution in [-0.2, 0) is 26.2 Å². The summed E-state index contributed by atoms with van der Waals surface area (Å²) in [5.74, 6) is -2.19. The number of nitrogens with one attached hydrogen (secondary N) is 3. The molecule has 4 N–H and O–H groups in total. The lowest BCUT2D eigenvalue weighted by Gasteiger charge is -2.19. The number of nitrogens with zero attached hydrogens (tertiary/aromatic N) is 1. The van der Waals surface area contributed by atoms with Crippen LogP contribution in [0.4, 0.5) is 4.79 Å². The molecule has 2 aromatic carbocycles. The molecule has 0 unspecified atom stereocenters. The number of amides is 3. The van der Waals surface area contributed by atoms with Crippen LogP contribution in [0.3, 0.4) is 0 Å². The zero-order chi connectivity index (χ0) is 22.9. The van der Waals surface area contributed by atoms with E-state index < -0.39 is 40.5 Å². The summed E-state index contributed by atoms with van der Waals surface area (Å²) in [4.78, 5) is 35.5. The number of benzene rings is 2. The molecule has 0 aromatic heterocycles. The molecule has 1 atom stereocenters. The van der Waals surface area contributed by atoms with Crippen molar-refractivity contribution in [1.29, 1.82) is 0 Å². The lowest BCUT2D eigenvalue weighted by atomic mass is 10.2. The van der Waals surface area contributed by atoms with E-state index >= 15 is 0 Å². The highest BCUT2D eigenvalue weighted by molar-refractivity contribution is 7.89. The quantitative estimate of drug-likeness (QED) is 0.413. The van der Waals surface area contributed by atoms with Crippen LogP contribution in [0, 0.1) is 0 Å². The smallest absolute Gasteiger partial charge is 0.328 e. The molecule has 2 aromatic rings. The van der Waals surface area contributed by atoms with Crippen molar-refractivity contribution in [1.82, 2.24) is 20.3 Å². The Labute approximate surface area is 180 Å². The molecule has 2 rings (SSSR count). The largest absolute Gasteiger partial charge is 0.480 e. The maximum Gasteiger partial charge on any atom is 0.328 e. The van der Waals surface area contributed by atoms with Crippen LogP contribution < -0.4 is 16.0 Å². The second-order valence-electron chi connectivity index (χ2n) is 6.58. The number of rotatable bonds is 10. The summed E-state index contributed by atoms with van der Waals surface area (Å²) in [5, 5.41) is 16.5. The van der Waals surface area contributed by atoms with Gasteiger partial charge in [-0.2, -0.15) is 4.31 Å². The minimum absolute atomic E-state index is 0.0110. The number of hydrogen-bond donors (Lipinski definition) is 4. The number of carboxylic acids is 1. The number of sulfonamides is 1. The number of carboxylic acid groups (broad SMARTS) is 1. The van der Waals surface area contributed by atoms with Gasteiger partial charge in [0.05, 0.1) is 18.0 Å². The molecule has 0 saturated heterocycles. The van der Waals surface area contributed by atoms with Gasteiger partial charge in [0.15, 0.2) is 0 Å². The predicted octanol–water partition coefficient (Wildman–Crippen LogP) is 0.376. The Balaban J connectivity index is 1.85. The number of carbonyl (C=O) groups excluding carboxylic acids is 2. The number of aliphatic carboxylic acids is 1. The third-order valence-electron chi connectivity index (χ3n) is 4.21. The second-order valence-corrected chi connectivity index (χ2v) is 8.63. The lowest BCUT2D eigenvalue weighted by Crippen LogP contribution is -2.52. The number of carbonyl (C=O) groups is 3. The Hall–Kier alpha value is -3.44. The molecule has 0 radical (unpaired) electrons. The Kier molecular flexibility index (Phi) is 8.53. The first-order valence-corrected chi connectivity index (χ1v) is 10.7. The molecule has 0 fully saturated rings. The molecule has 31 heavy (non-hydrogen) atoms. The van der Waals surface area contributed by atoms with Crippen LogP contribution >= 0.6 is 0 Å². The Morgan fingerprint density at radius 3 is 2.13 bits per heavy atom. The van der Waals surface area contributed by atoms with Gasteiger partial charge in [-0.25, -0.2) is 18.0 Å².